The number of fused-ring (bicyclic) bond motifs is 3. The fraction of sp³-hybridized carbons (Fsp3) is 0.333. The molecule has 0 radical (unpaired) electrons. The van der Waals surface area contributed by atoms with Gasteiger partial charge in [0.2, 0.25) is 0 Å². The summed E-state index contributed by atoms with van der Waals surface area (Å²) in [7, 11) is 3.89. The molecule has 6 heteroatoms. The molecule has 27 heavy (non-hydrogen) atoms. The number of anilines is 1. The standard InChI is InChI=1S/C21H21FN4O/c1-24-11-17-9-16(24)12-26(17)15-7-8-19-18(10-15)21(27)25(2)20(23-19)13-3-5-14(22)6-4-13/h3-8,10,16-17H,9,11-12H2,1-2H3/t16-,17-/m0/s1. The maximum atomic E-state index is 13.2. The van der Waals surface area contributed by atoms with Gasteiger partial charge in [-0.15, -0.1) is 0 Å². The van der Waals surface area contributed by atoms with Crippen LogP contribution in [0.3, 0.4) is 0 Å². The van der Waals surface area contributed by atoms with Crippen molar-refractivity contribution in [2.24, 2.45) is 7.05 Å². The molecule has 0 saturated carbocycles. The van der Waals surface area contributed by atoms with Crippen LogP contribution in [-0.2, 0) is 7.05 Å². The van der Waals surface area contributed by atoms with Gasteiger partial charge in [-0.3, -0.25) is 14.3 Å². The van der Waals surface area contributed by atoms with Crippen molar-refractivity contribution in [3.05, 3.63) is 58.6 Å². The molecule has 2 atom stereocenters. The number of hydrogen-bond acceptors (Lipinski definition) is 4. The summed E-state index contributed by atoms with van der Waals surface area (Å²) in [5.74, 6) is 0.238. The molecule has 2 aliphatic rings. The average Bonchev–Trinajstić information content (AvgIpc) is 3.25. The lowest BCUT2D eigenvalue weighted by atomic mass is 10.1. The zero-order valence-electron chi connectivity index (χ0n) is 15.4. The van der Waals surface area contributed by atoms with Gasteiger partial charge in [0, 0.05) is 43.5 Å². The van der Waals surface area contributed by atoms with Crippen LogP contribution in [0, 0.1) is 5.82 Å². The Kier molecular flexibility index (Phi) is 3.59. The van der Waals surface area contributed by atoms with Crippen molar-refractivity contribution >= 4 is 16.6 Å². The predicted octanol–water partition coefficient (Wildman–Crippen LogP) is 2.63. The molecular weight excluding hydrogens is 343 g/mol. The number of rotatable bonds is 2. The fourth-order valence-corrected chi connectivity index (χ4v) is 4.48. The molecule has 2 bridgehead atoms. The number of likely N-dealkylation sites (N-methyl/N-ethyl adjacent to an activating group) is 1. The van der Waals surface area contributed by atoms with E-state index in [2.05, 4.69) is 27.9 Å². The summed E-state index contributed by atoms with van der Waals surface area (Å²) >= 11 is 0. The molecule has 0 aliphatic carbocycles. The van der Waals surface area contributed by atoms with Crippen LogP contribution in [-0.4, -0.2) is 46.7 Å². The van der Waals surface area contributed by atoms with E-state index >= 15 is 0 Å². The second-order valence-electron chi connectivity index (χ2n) is 7.64. The topological polar surface area (TPSA) is 41.4 Å². The highest BCUT2D eigenvalue weighted by Crippen LogP contribution is 2.34. The summed E-state index contributed by atoms with van der Waals surface area (Å²) in [5, 5.41) is 0.622. The minimum absolute atomic E-state index is 0.0809. The van der Waals surface area contributed by atoms with E-state index < -0.39 is 0 Å². The molecule has 0 N–H and O–H groups in total. The highest BCUT2D eigenvalue weighted by molar-refractivity contribution is 5.83. The number of nitrogens with zero attached hydrogens (tertiary/aromatic N) is 4. The van der Waals surface area contributed by atoms with Crippen molar-refractivity contribution in [1.29, 1.82) is 0 Å². The van der Waals surface area contributed by atoms with Gasteiger partial charge in [-0.25, -0.2) is 9.37 Å². The van der Waals surface area contributed by atoms with Gasteiger partial charge in [0.1, 0.15) is 11.6 Å². The van der Waals surface area contributed by atoms with Crippen molar-refractivity contribution in [2.75, 3.05) is 25.0 Å². The molecule has 2 saturated heterocycles. The second kappa shape index (κ2) is 5.89. The Labute approximate surface area is 156 Å². The fourth-order valence-electron chi connectivity index (χ4n) is 4.48. The Hall–Kier alpha value is -2.73. The maximum Gasteiger partial charge on any atom is 0.261 e. The van der Waals surface area contributed by atoms with E-state index in [1.807, 2.05) is 12.1 Å². The number of halogens is 1. The molecule has 1 aromatic heterocycles. The number of likely N-dealkylation sites (tertiary alicyclic amines) is 1. The third-order valence-electron chi connectivity index (χ3n) is 6.01. The Balaban J connectivity index is 1.59. The van der Waals surface area contributed by atoms with Crippen LogP contribution in [0.4, 0.5) is 10.1 Å². The molecule has 5 nitrogen and oxygen atoms in total. The van der Waals surface area contributed by atoms with Crippen molar-refractivity contribution in [2.45, 2.75) is 18.5 Å². The van der Waals surface area contributed by atoms with E-state index in [0.29, 0.717) is 28.8 Å². The predicted molar refractivity (Wildman–Crippen MR) is 105 cm³/mol. The van der Waals surface area contributed by atoms with Crippen LogP contribution in [0.25, 0.3) is 22.3 Å². The molecule has 0 amide bonds. The zero-order valence-corrected chi connectivity index (χ0v) is 15.4. The van der Waals surface area contributed by atoms with Crippen LogP contribution >= 0.6 is 0 Å². The molecule has 138 valence electrons. The molecular formula is C21H21FN4O. The van der Waals surface area contributed by atoms with E-state index in [9.17, 15) is 9.18 Å². The lowest BCUT2D eigenvalue weighted by Gasteiger charge is -2.33. The van der Waals surface area contributed by atoms with E-state index in [4.69, 9.17) is 0 Å². The summed E-state index contributed by atoms with van der Waals surface area (Å²) in [4.78, 5) is 22.5. The van der Waals surface area contributed by atoms with Gasteiger partial charge in [0.15, 0.2) is 0 Å². The first-order valence-electron chi connectivity index (χ1n) is 9.25. The van der Waals surface area contributed by atoms with Crippen LogP contribution in [0.15, 0.2) is 47.3 Å². The van der Waals surface area contributed by atoms with E-state index in [-0.39, 0.29) is 11.4 Å². The molecule has 2 aromatic carbocycles. The molecule has 2 fully saturated rings. The summed E-state index contributed by atoms with van der Waals surface area (Å²) < 4.78 is 14.8. The zero-order chi connectivity index (χ0) is 18.7. The molecule has 5 rings (SSSR count). The first kappa shape index (κ1) is 16.4. The third kappa shape index (κ3) is 2.55. The number of hydrogen-bond donors (Lipinski definition) is 0. The molecule has 2 aliphatic heterocycles. The summed E-state index contributed by atoms with van der Waals surface area (Å²) in [6.45, 7) is 2.08. The first-order valence-corrected chi connectivity index (χ1v) is 9.25. The van der Waals surface area contributed by atoms with Gasteiger partial charge in [-0.2, -0.15) is 0 Å². The normalized spacial score (nSPS) is 22.1. The smallest absolute Gasteiger partial charge is 0.261 e. The first-order chi connectivity index (χ1) is 13.0. The minimum atomic E-state index is -0.306. The Bertz CT molecular complexity index is 1090. The van der Waals surface area contributed by atoms with Gasteiger partial charge in [-0.1, -0.05) is 0 Å². The van der Waals surface area contributed by atoms with Crippen molar-refractivity contribution < 1.29 is 4.39 Å². The summed E-state index contributed by atoms with van der Waals surface area (Å²) in [6.07, 6.45) is 1.19. The van der Waals surface area contributed by atoms with Crippen molar-refractivity contribution in [1.82, 2.24) is 14.5 Å². The average molecular weight is 364 g/mol. The van der Waals surface area contributed by atoms with Gasteiger partial charge >= 0.3 is 0 Å². The highest BCUT2D eigenvalue weighted by Gasteiger charge is 2.41. The lowest BCUT2D eigenvalue weighted by molar-refractivity contribution is 0.292. The van der Waals surface area contributed by atoms with Crippen LogP contribution in [0.5, 0.6) is 0 Å². The monoisotopic (exact) mass is 364 g/mol. The van der Waals surface area contributed by atoms with E-state index in [1.165, 1.54) is 18.6 Å². The molecule has 0 unspecified atom stereocenters. The Morgan fingerprint density at radius 3 is 2.48 bits per heavy atom. The summed E-state index contributed by atoms with van der Waals surface area (Å²) in [5.41, 5.74) is 2.41. The largest absolute Gasteiger partial charge is 0.366 e. The summed E-state index contributed by atoms with van der Waals surface area (Å²) in [6, 6.07) is 13.1. The van der Waals surface area contributed by atoms with Crippen molar-refractivity contribution in [3.63, 3.8) is 0 Å². The maximum absolute atomic E-state index is 13.2. The number of piperazine rings is 1. The van der Waals surface area contributed by atoms with Gasteiger partial charge < -0.3 is 4.90 Å². The number of benzene rings is 2. The van der Waals surface area contributed by atoms with Crippen LogP contribution in [0.1, 0.15) is 6.42 Å². The van der Waals surface area contributed by atoms with Crippen molar-refractivity contribution in [3.8, 4) is 11.4 Å². The highest BCUT2D eigenvalue weighted by atomic mass is 19.1. The van der Waals surface area contributed by atoms with Crippen LogP contribution < -0.4 is 10.5 Å². The molecule has 3 heterocycles. The SMILES string of the molecule is CN1C[C@@H]2C[C@H]1CN2c1ccc2nc(-c3ccc(F)cc3)n(C)c(=O)c2c1. The van der Waals surface area contributed by atoms with Gasteiger partial charge in [0.05, 0.1) is 10.9 Å². The van der Waals surface area contributed by atoms with Gasteiger partial charge in [0.25, 0.3) is 5.56 Å². The lowest BCUT2D eigenvalue weighted by Crippen LogP contribution is -2.44. The van der Waals surface area contributed by atoms with Crippen LogP contribution in [0.2, 0.25) is 0 Å². The van der Waals surface area contributed by atoms with E-state index in [0.717, 1.165) is 24.3 Å². The quantitative estimate of drug-likeness (QED) is 0.701. The second-order valence-corrected chi connectivity index (χ2v) is 7.64. The molecule has 3 aromatic rings. The number of aromatic nitrogens is 2. The Morgan fingerprint density at radius 2 is 1.81 bits per heavy atom. The minimum Gasteiger partial charge on any atom is -0.366 e. The van der Waals surface area contributed by atoms with E-state index in [1.54, 1.807) is 23.7 Å². The Morgan fingerprint density at radius 1 is 1.04 bits per heavy atom. The third-order valence-corrected chi connectivity index (χ3v) is 6.01. The molecule has 0 spiro atoms. The van der Waals surface area contributed by atoms with Gasteiger partial charge in [-0.05, 0) is 55.9 Å².